The van der Waals surface area contributed by atoms with E-state index in [2.05, 4.69) is 19.2 Å². The van der Waals surface area contributed by atoms with Gasteiger partial charge in [-0.15, -0.1) is 0 Å². The van der Waals surface area contributed by atoms with Gasteiger partial charge in [-0.1, -0.05) is 32.0 Å². The van der Waals surface area contributed by atoms with Crippen molar-refractivity contribution in [3.05, 3.63) is 65.0 Å². The summed E-state index contributed by atoms with van der Waals surface area (Å²) in [4.78, 5) is 23.7. The van der Waals surface area contributed by atoms with Crippen molar-refractivity contribution in [3.8, 4) is 0 Å². The summed E-state index contributed by atoms with van der Waals surface area (Å²) in [5.74, 6) is -1.35. The minimum Gasteiger partial charge on any atom is -0.452 e. The molecule has 0 aliphatic rings. The van der Waals surface area contributed by atoms with Crippen LogP contribution in [0.25, 0.3) is 0 Å². The SMILES string of the molecule is Cc1ccc(NC(=O)COC(=O)c2ccc(C(C)C)cc2)c(F)c1. The van der Waals surface area contributed by atoms with Gasteiger partial charge >= 0.3 is 5.97 Å². The average Bonchev–Trinajstić information content (AvgIpc) is 2.55. The molecule has 0 aliphatic carbocycles. The molecule has 2 aromatic carbocycles. The van der Waals surface area contributed by atoms with E-state index in [0.717, 1.165) is 11.1 Å². The quantitative estimate of drug-likeness (QED) is 0.842. The second kappa shape index (κ2) is 7.73. The highest BCUT2D eigenvalue weighted by Crippen LogP contribution is 2.16. The zero-order valence-corrected chi connectivity index (χ0v) is 13.9. The maximum Gasteiger partial charge on any atom is 0.338 e. The Morgan fingerprint density at radius 1 is 1.12 bits per heavy atom. The van der Waals surface area contributed by atoms with E-state index in [1.54, 1.807) is 25.1 Å². The number of carbonyl (C=O) groups is 2. The van der Waals surface area contributed by atoms with Crippen molar-refractivity contribution in [1.82, 2.24) is 0 Å². The Labute approximate surface area is 140 Å². The molecule has 0 saturated carbocycles. The third-order valence-electron chi connectivity index (χ3n) is 3.55. The number of benzene rings is 2. The molecule has 4 nitrogen and oxygen atoms in total. The van der Waals surface area contributed by atoms with Crippen molar-refractivity contribution >= 4 is 17.6 Å². The molecule has 0 aromatic heterocycles. The lowest BCUT2D eigenvalue weighted by Gasteiger charge is -2.09. The van der Waals surface area contributed by atoms with Gasteiger partial charge in [-0.3, -0.25) is 4.79 Å². The topological polar surface area (TPSA) is 55.4 Å². The molecule has 0 heterocycles. The first-order valence-corrected chi connectivity index (χ1v) is 7.70. The number of rotatable bonds is 5. The Bertz CT molecular complexity index is 739. The monoisotopic (exact) mass is 329 g/mol. The van der Waals surface area contributed by atoms with Crippen LogP contribution in [0, 0.1) is 12.7 Å². The summed E-state index contributed by atoms with van der Waals surface area (Å²) in [5, 5.41) is 2.38. The number of aryl methyl sites for hydroxylation is 1. The fourth-order valence-corrected chi connectivity index (χ4v) is 2.13. The zero-order chi connectivity index (χ0) is 17.7. The molecule has 2 rings (SSSR count). The Kier molecular flexibility index (Phi) is 5.68. The molecule has 0 spiro atoms. The summed E-state index contributed by atoms with van der Waals surface area (Å²) in [6, 6.07) is 11.5. The first kappa shape index (κ1) is 17.7. The predicted molar refractivity (Wildman–Crippen MR) is 90.6 cm³/mol. The van der Waals surface area contributed by atoms with E-state index in [1.165, 1.54) is 12.1 Å². The minimum absolute atomic E-state index is 0.0583. The van der Waals surface area contributed by atoms with Crippen molar-refractivity contribution < 1.29 is 18.7 Å². The van der Waals surface area contributed by atoms with E-state index in [-0.39, 0.29) is 5.69 Å². The number of ether oxygens (including phenoxy) is 1. The number of anilines is 1. The summed E-state index contributed by atoms with van der Waals surface area (Å²) in [6.07, 6.45) is 0. The fourth-order valence-electron chi connectivity index (χ4n) is 2.13. The number of nitrogens with one attached hydrogen (secondary N) is 1. The molecule has 126 valence electrons. The molecule has 2 aromatic rings. The molecular formula is C19H20FNO3. The van der Waals surface area contributed by atoms with E-state index in [9.17, 15) is 14.0 Å². The van der Waals surface area contributed by atoms with E-state index < -0.39 is 24.3 Å². The Morgan fingerprint density at radius 3 is 2.38 bits per heavy atom. The van der Waals surface area contributed by atoms with Crippen LogP contribution in [-0.4, -0.2) is 18.5 Å². The first-order chi connectivity index (χ1) is 11.4. The van der Waals surface area contributed by atoms with E-state index >= 15 is 0 Å². The van der Waals surface area contributed by atoms with Gasteiger partial charge in [-0.2, -0.15) is 0 Å². The van der Waals surface area contributed by atoms with E-state index in [0.29, 0.717) is 11.5 Å². The number of halogens is 1. The molecule has 1 N–H and O–H groups in total. The number of amides is 1. The van der Waals surface area contributed by atoms with Gasteiger partial charge in [0, 0.05) is 0 Å². The fraction of sp³-hybridized carbons (Fsp3) is 0.263. The van der Waals surface area contributed by atoms with Crippen LogP contribution >= 0.6 is 0 Å². The molecule has 0 bridgehead atoms. The van der Waals surface area contributed by atoms with Gasteiger partial charge < -0.3 is 10.1 Å². The second-order valence-electron chi connectivity index (χ2n) is 5.88. The smallest absolute Gasteiger partial charge is 0.338 e. The van der Waals surface area contributed by atoms with Crippen LogP contribution in [0.1, 0.15) is 41.3 Å². The maximum absolute atomic E-state index is 13.7. The zero-order valence-electron chi connectivity index (χ0n) is 13.9. The molecular weight excluding hydrogens is 309 g/mol. The predicted octanol–water partition coefficient (Wildman–Crippen LogP) is 4.05. The molecule has 1 amide bonds. The summed E-state index contributed by atoms with van der Waals surface area (Å²) >= 11 is 0. The van der Waals surface area contributed by atoms with Crippen LogP contribution in [0.5, 0.6) is 0 Å². The van der Waals surface area contributed by atoms with Gasteiger partial charge in [0.05, 0.1) is 11.3 Å². The van der Waals surface area contributed by atoms with Gasteiger partial charge in [0.1, 0.15) is 5.82 Å². The molecule has 0 fully saturated rings. The largest absolute Gasteiger partial charge is 0.452 e. The van der Waals surface area contributed by atoms with Crippen LogP contribution in [0.4, 0.5) is 10.1 Å². The van der Waals surface area contributed by atoms with Crippen LogP contribution in [0.2, 0.25) is 0 Å². The standard InChI is InChI=1S/C19H20FNO3/c1-12(2)14-5-7-15(8-6-14)19(23)24-11-18(22)21-17-9-4-13(3)10-16(17)20/h4-10,12H,11H2,1-3H3,(H,21,22). The van der Waals surface area contributed by atoms with Crippen LogP contribution in [-0.2, 0) is 9.53 Å². The van der Waals surface area contributed by atoms with E-state index in [4.69, 9.17) is 4.74 Å². The van der Waals surface area contributed by atoms with E-state index in [1.807, 2.05) is 12.1 Å². The summed E-state index contributed by atoms with van der Waals surface area (Å²) < 4.78 is 18.6. The van der Waals surface area contributed by atoms with Gasteiger partial charge in [0.15, 0.2) is 6.61 Å². The highest BCUT2D eigenvalue weighted by atomic mass is 19.1. The third kappa shape index (κ3) is 4.65. The average molecular weight is 329 g/mol. The molecule has 0 saturated heterocycles. The Morgan fingerprint density at radius 2 is 1.79 bits per heavy atom. The summed E-state index contributed by atoms with van der Waals surface area (Å²) in [7, 11) is 0. The molecule has 0 unspecified atom stereocenters. The molecule has 0 radical (unpaired) electrons. The maximum atomic E-state index is 13.7. The van der Waals surface area contributed by atoms with Gasteiger partial charge in [-0.25, -0.2) is 9.18 Å². The van der Waals surface area contributed by atoms with Crippen LogP contribution < -0.4 is 5.32 Å². The minimum atomic E-state index is -0.593. The Balaban J connectivity index is 1.90. The first-order valence-electron chi connectivity index (χ1n) is 7.70. The van der Waals surface area contributed by atoms with Crippen molar-refractivity contribution in [2.75, 3.05) is 11.9 Å². The van der Waals surface area contributed by atoms with Crippen molar-refractivity contribution in [2.24, 2.45) is 0 Å². The number of esters is 1. The van der Waals surface area contributed by atoms with Crippen molar-refractivity contribution in [1.29, 1.82) is 0 Å². The highest BCUT2D eigenvalue weighted by Gasteiger charge is 2.12. The lowest BCUT2D eigenvalue weighted by atomic mass is 10.0. The van der Waals surface area contributed by atoms with Gasteiger partial charge in [-0.05, 0) is 48.2 Å². The molecule has 24 heavy (non-hydrogen) atoms. The van der Waals surface area contributed by atoms with Crippen LogP contribution in [0.15, 0.2) is 42.5 Å². The number of carbonyl (C=O) groups excluding carboxylic acids is 2. The normalized spacial score (nSPS) is 10.5. The van der Waals surface area contributed by atoms with Gasteiger partial charge in [0.2, 0.25) is 0 Å². The number of hydrogen-bond acceptors (Lipinski definition) is 3. The Hall–Kier alpha value is -2.69. The molecule has 0 aliphatic heterocycles. The number of hydrogen-bond donors (Lipinski definition) is 1. The summed E-state index contributed by atoms with van der Waals surface area (Å²) in [5.41, 5.74) is 2.29. The summed E-state index contributed by atoms with van der Waals surface area (Å²) in [6.45, 7) is 5.39. The van der Waals surface area contributed by atoms with Crippen LogP contribution in [0.3, 0.4) is 0 Å². The lowest BCUT2D eigenvalue weighted by molar-refractivity contribution is -0.119. The molecule has 0 atom stereocenters. The molecule has 5 heteroatoms. The highest BCUT2D eigenvalue weighted by molar-refractivity contribution is 5.95. The van der Waals surface area contributed by atoms with Crippen molar-refractivity contribution in [2.45, 2.75) is 26.7 Å². The third-order valence-corrected chi connectivity index (χ3v) is 3.55. The van der Waals surface area contributed by atoms with Crippen molar-refractivity contribution in [3.63, 3.8) is 0 Å². The van der Waals surface area contributed by atoms with Gasteiger partial charge in [0.25, 0.3) is 5.91 Å². The second-order valence-corrected chi connectivity index (χ2v) is 5.88. The lowest BCUT2D eigenvalue weighted by Crippen LogP contribution is -2.21.